The van der Waals surface area contributed by atoms with E-state index in [9.17, 15) is 4.79 Å². The topological polar surface area (TPSA) is 60.2 Å². The van der Waals surface area contributed by atoms with Gasteiger partial charge in [-0.2, -0.15) is 5.10 Å². The second kappa shape index (κ2) is 6.52. The number of benzene rings is 1. The number of methoxy groups -OCH3 is 1. The highest BCUT2D eigenvalue weighted by Gasteiger charge is 2.53. The minimum atomic E-state index is -0.227. The van der Waals surface area contributed by atoms with Crippen LogP contribution in [0.15, 0.2) is 42.6 Å². The number of aryl methyl sites for hydroxylation is 1. The monoisotopic (exact) mass is 388 g/mol. The van der Waals surface area contributed by atoms with E-state index in [1.807, 2.05) is 30.3 Å². The number of carbonyl (C=O) groups is 1. The zero-order chi connectivity index (χ0) is 20.2. The molecule has 1 amide bonds. The highest BCUT2D eigenvalue weighted by atomic mass is 16.5. The zero-order valence-electron chi connectivity index (χ0n) is 17.0. The SMILES string of the molecule is CCc1ncccc1-c1ccc2c(c1)-n1nc(COC)cc1C(=O)N(C)C21CC1. The number of hydrogen-bond acceptors (Lipinski definition) is 4. The summed E-state index contributed by atoms with van der Waals surface area (Å²) in [7, 11) is 3.54. The van der Waals surface area contributed by atoms with Gasteiger partial charge >= 0.3 is 0 Å². The summed E-state index contributed by atoms with van der Waals surface area (Å²) in [5, 5.41) is 4.73. The van der Waals surface area contributed by atoms with Crippen molar-refractivity contribution in [3.63, 3.8) is 0 Å². The van der Waals surface area contributed by atoms with Crippen molar-refractivity contribution in [2.24, 2.45) is 0 Å². The molecule has 0 unspecified atom stereocenters. The Balaban J connectivity index is 1.75. The molecule has 6 heteroatoms. The van der Waals surface area contributed by atoms with Crippen molar-refractivity contribution in [3.05, 3.63) is 65.2 Å². The lowest BCUT2D eigenvalue weighted by atomic mass is 9.95. The molecule has 6 nitrogen and oxygen atoms in total. The standard InChI is InChI=1S/C23H24N4O2/c1-4-19-17(6-5-11-24-19)15-7-8-18-20(12-15)27-21(13-16(25-27)14-29-3)22(28)26(2)23(18)9-10-23/h5-8,11-13H,4,9-10,14H2,1-3H3. The summed E-state index contributed by atoms with van der Waals surface area (Å²) < 4.78 is 7.06. The molecule has 5 rings (SSSR count). The first-order valence-electron chi connectivity index (χ1n) is 10.0. The van der Waals surface area contributed by atoms with E-state index >= 15 is 0 Å². The molecule has 29 heavy (non-hydrogen) atoms. The van der Waals surface area contributed by atoms with Gasteiger partial charge in [-0.25, -0.2) is 4.68 Å². The molecule has 1 aromatic carbocycles. The van der Waals surface area contributed by atoms with Crippen LogP contribution in [-0.2, 0) is 23.3 Å². The lowest BCUT2D eigenvalue weighted by Crippen LogP contribution is -2.36. The van der Waals surface area contributed by atoms with Crippen molar-refractivity contribution in [2.45, 2.75) is 38.3 Å². The number of carbonyl (C=O) groups excluding carboxylic acids is 1. The summed E-state index contributed by atoms with van der Waals surface area (Å²) in [6.45, 7) is 2.49. The largest absolute Gasteiger partial charge is 0.378 e. The van der Waals surface area contributed by atoms with E-state index < -0.39 is 0 Å². The number of amides is 1. The molecule has 148 valence electrons. The number of fused-ring (bicyclic) bond motifs is 4. The number of hydrogen-bond donors (Lipinski definition) is 0. The summed E-state index contributed by atoms with van der Waals surface area (Å²) in [4.78, 5) is 19.7. The molecule has 0 N–H and O–H groups in total. The Hall–Kier alpha value is -2.99. The maximum absolute atomic E-state index is 13.2. The first-order valence-corrected chi connectivity index (χ1v) is 10.0. The summed E-state index contributed by atoms with van der Waals surface area (Å²) in [5.41, 5.74) is 6.53. The molecule has 3 aromatic rings. The summed E-state index contributed by atoms with van der Waals surface area (Å²) in [6.07, 6.45) is 4.65. The lowest BCUT2D eigenvalue weighted by molar-refractivity contribution is 0.0704. The van der Waals surface area contributed by atoms with E-state index in [2.05, 4.69) is 36.2 Å². The minimum absolute atomic E-state index is 0.00530. The molecule has 0 atom stereocenters. The Kier molecular flexibility index (Phi) is 4.06. The normalized spacial score (nSPS) is 16.5. The van der Waals surface area contributed by atoms with Crippen LogP contribution < -0.4 is 0 Å². The Morgan fingerprint density at radius 2 is 2.03 bits per heavy atom. The van der Waals surface area contributed by atoms with Crippen molar-refractivity contribution in [1.82, 2.24) is 19.7 Å². The van der Waals surface area contributed by atoms with E-state index in [0.29, 0.717) is 12.3 Å². The third-order valence-corrected chi connectivity index (χ3v) is 6.20. The molecule has 2 aromatic heterocycles. The van der Waals surface area contributed by atoms with Gasteiger partial charge in [0.05, 0.1) is 23.5 Å². The van der Waals surface area contributed by atoms with Crippen molar-refractivity contribution in [1.29, 1.82) is 0 Å². The Morgan fingerprint density at radius 3 is 2.76 bits per heavy atom. The maximum Gasteiger partial charge on any atom is 0.273 e. The lowest BCUT2D eigenvalue weighted by Gasteiger charge is -2.27. The van der Waals surface area contributed by atoms with Gasteiger partial charge in [-0.05, 0) is 43.0 Å². The zero-order valence-corrected chi connectivity index (χ0v) is 17.0. The van der Waals surface area contributed by atoms with E-state index in [1.165, 1.54) is 0 Å². The third-order valence-electron chi connectivity index (χ3n) is 6.20. The number of rotatable bonds is 4. The predicted octanol–water partition coefficient (Wildman–Crippen LogP) is 3.72. The quantitative estimate of drug-likeness (QED) is 0.683. The van der Waals surface area contributed by atoms with Crippen LogP contribution in [0.2, 0.25) is 0 Å². The van der Waals surface area contributed by atoms with E-state index in [1.54, 1.807) is 11.8 Å². The first kappa shape index (κ1) is 18.1. The van der Waals surface area contributed by atoms with Gasteiger partial charge in [0.15, 0.2) is 0 Å². The molecule has 1 aliphatic heterocycles. The van der Waals surface area contributed by atoms with Crippen molar-refractivity contribution in [2.75, 3.05) is 14.2 Å². The van der Waals surface area contributed by atoms with E-state index in [-0.39, 0.29) is 11.4 Å². The van der Waals surface area contributed by atoms with Crippen LogP contribution >= 0.6 is 0 Å². The van der Waals surface area contributed by atoms with Crippen molar-refractivity contribution < 1.29 is 9.53 Å². The number of aromatic nitrogens is 3. The fourth-order valence-electron chi connectivity index (χ4n) is 4.51. The number of pyridine rings is 1. The van der Waals surface area contributed by atoms with Crippen molar-refractivity contribution in [3.8, 4) is 16.8 Å². The Labute approximate surface area is 170 Å². The third kappa shape index (κ3) is 2.63. The van der Waals surface area contributed by atoms with Crippen LogP contribution in [0.5, 0.6) is 0 Å². The molecule has 1 fully saturated rings. The van der Waals surface area contributed by atoms with E-state index in [0.717, 1.165) is 53.0 Å². The van der Waals surface area contributed by atoms with Crippen LogP contribution in [0.25, 0.3) is 16.8 Å². The van der Waals surface area contributed by atoms with Gasteiger partial charge < -0.3 is 9.64 Å². The second-order valence-corrected chi connectivity index (χ2v) is 7.84. The average Bonchev–Trinajstić information content (AvgIpc) is 3.46. The Morgan fingerprint density at radius 1 is 1.21 bits per heavy atom. The highest BCUT2D eigenvalue weighted by Crippen LogP contribution is 2.54. The van der Waals surface area contributed by atoms with Crippen LogP contribution in [0.3, 0.4) is 0 Å². The molecule has 0 bridgehead atoms. The maximum atomic E-state index is 13.2. The number of ether oxygens (including phenoxy) is 1. The van der Waals surface area contributed by atoms with Crippen LogP contribution in [-0.4, -0.2) is 39.7 Å². The van der Waals surface area contributed by atoms with Gasteiger partial charge in [0.2, 0.25) is 0 Å². The molecular weight excluding hydrogens is 364 g/mol. The average molecular weight is 388 g/mol. The first-order chi connectivity index (χ1) is 14.1. The minimum Gasteiger partial charge on any atom is -0.378 e. The van der Waals surface area contributed by atoms with E-state index in [4.69, 9.17) is 9.84 Å². The van der Waals surface area contributed by atoms with Gasteiger partial charge in [-0.15, -0.1) is 0 Å². The van der Waals surface area contributed by atoms with Gasteiger partial charge in [0.1, 0.15) is 5.69 Å². The molecular formula is C23H24N4O2. The summed E-state index contributed by atoms with van der Waals surface area (Å²) >= 11 is 0. The fourth-order valence-corrected chi connectivity index (χ4v) is 4.51. The summed E-state index contributed by atoms with van der Waals surface area (Å²) in [5.74, 6) is 0.00530. The molecule has 2 aliphatic rings. The Bertz CT molecular complexity index is 1110. The molecule has 1 aliphatic carbocycles. The van der Waals surface area contributed by atoms with Gasteiger partial charge in [0.25, 0.3) is 5.91 Å². The molecule has 0 radical (unpaired) electrons. The smallest absolute Gasteiger partial charge is 0.273 e. The predicted molar refractivity (Wildman–Crippen MR) is 110 cm³/mol. The molecule has 0 saturated heterocycles. The van der Waals surface area contributed by atoms with Gasteiger partial charge in [-0.3, -0.25) is 9.78 Å². The van der Waals surface area contributed by atoms with Crippen LogP contribution in [0.1, 0.15) is 47.2 Å². The van der Waals surface area contributed by atoms with Crippen molar-refractivity contribution >= 4 is 5.91 Å². The van der Waals surface area contributed by atoms with Gasteiger partial charge in [0, 0.05) is 37.2 Å². The molecule has 1 spiro atoms. The molecule has 3 heterocycles. The molecule has 1 saturated carbocycles. The van der Waals surface area contributed by atoms with Crippen LogP contribution in [0.4, 0.5) is 0 Å². The van der Waals surface area contributed by atoms with Gasteiger partial charge in [-0.1, -0.05) is 25.1 Å². The fraction of sp³-hybridized carbons (Fsp3) is 0.348. The summed E-state index contributed by atoms with van der Waals surface area (Å²) in [6, 6.07) is 12.4. The second-order valence-electron chi connectivity index (χ2n) is 7.84. The highest BCUT2D eigenvalue weighted by molar-refractivity contribution is 5.95. The number of nitrogens with zero attached hydrogens (tertiary/aromatic N) is 4. The van der Waals surface area contributed by atoms with Crippen LogP contribution in [0, 0.1) is 0 Å².